The van der Waals surface area contributed by atoms with E-state index in [2.05, 4.69) is 20.4 Å². The maximum Gasteiger partial charge on any atom is 0.341 e. The highest BCUT2D eigenvalue weighted by atomic mass is 32.1. The average Bonchev–Trinajstić information content (AvgIpc) is 3.31. The summed E-state index contributed by atoms with van der Waals surface area (Å²) in [5.41, 5.74) is 2.14. The summed E-state index contributed by atoms with van der Waals surface area (Å²) in [5.74, 6) is 0.175. The molecule has 0 unspecified atom stereocenters. The number of aryl methyl sites for hydroxylation is 2. The summed E-state index contributed by atoms with van der Waals surface area (Å²) in [5, 5.41) is 7.28. The molecule has 0 saturated carbocycles. The van der Waals surface area contributed by atoms with E-state index in [-0.39, 0.29) is 18.9 Å². The van der Waals surface area contributed by atoms with Gasteiger partial charge in [0.2, 0.25) is 17.6 Å². The highest BCUT2D eigenvalue weighted by molar-refractivity contribution is 7.16. The van der Waals surface area contributed by atoms with Gasteiger partial charge in [-0.15, -0.1) is 11.3 Å². The minimum atomic E-state index is -0.414. The fraction of sp³-hybridized carbons (Fsp3) is 0.350. The molecular weight excluding hydrogens is 392 g/mol. The Morgan fingerprint density at radius 3 is 2.69 bits per heavy atom. The van der Waals surface area contributed by atoms with Gasteiger partial charge in [0.05, 0.1) is 12.2 Å². The summed E-state index contributed by atoms with van der Waals surface area (Å²) < 4.78 is 10.4. The molecule has 152 valence electrons. The largest absolute Gasteiger partial charge is 0.462 e. The number of rotatable bonds is 8. The molecular formula is C20H22N4O4S. The van der Waals surface area contributed by atoms with E-state index in [1.165, 1.54) is 11.3 Å². The van der Waals surface area contributed by atoms with Crippen LogP contribution in [-0.2, 0) is 22.4 Å². The molecule has 1 N–H and O–H groups in total. The Hall–Kier alpha value is -3.07. The third-order valence-corrected chi connectivity index (χ3v) is 5.33. The number of hydrogen-bond acceptors (Lipinski definition) is 8. The zero-order valence-corrected chi connectivity index (χ0v) is 17.3. The lowest BCUT2D eigenvalue weighted by molar-refractivity contribution is -0.116. The number of amides is 1. The van der Waals surface area contributed by atoms with E-state index in [9.17, 15) is 9.59 Å². The monoisotopic (exact) mass is 414 g/mol. The first-order chi connectivity index (χ1) is 14.0. The van der Waals surface area contributed by atoms with Crippen LogP contribution in [0.4, 0.5) is 5.00 Å². The Morgan fingerprint density at radius 2 is 2.00 bits per heavy atom. The van der Waals surface area contributed by atoms with Crippen molar-refractivity contribution >= 4 is 28.2 Å². The number of hydrogen-bond donors (Lipinski definition) is 1. The third kappa shape index (κ3) is 4.86. The van der Waals surface area contributed by atoms with Crippen LogP contribution in [0.15, 0.2) is 29.0 Å². The molecule has 0 radical (unpaired) electrons. The molecule has 0 aliphatic carbocycles. The molecule has 1 amide bonds. The van der Waals surface area contributed by atoms with Gasteiger partial charge in [-0.1, -0.05) is 12.1 Å². The lowest BCUT2D eigenvalue weighted by Gasteiger charge is -2.07. The van der Waals surface area contributed by atoms with Crippen molar-refractivity contribution in [3.63, 3.8) is 0 Å². The van der Waals surface area contributed by atoms with Gasteiger partial charge in [-0.05, 0) is 38.0 Å². The second-order valence-corrected chi connectivity index (χ2v) is 7.44. The minimum absolute atomic E-state index is 0.151. The van der Waals surface area contributed by atoms with Crippen molar-refractivity contribution in [2.45, 2.75) is 40.0 Å². The number of esters is 1. The lowest BCUT2D eigenvalue weighted by atomic mass is 10.1. The van der Waals surface area contributed by atoms with Gasteiger partial charge < -0.3 is 14.6 Å². The molecule has 0 bridgehead atoms. The fourth-order valence-electron chi connectivity index (χ4n) is 2.90. The van der Waals surface area contributed by atoms with Crippen LogP contribution in [0.2, 0.25) is 0 Å². The molecule has 3 heterocycles. The summed E-state index contributed by atoms with van der Waals surface area (Å²) in [4.78, 5) is 34.0. The minimum Gasteiger partial charge on any atom is -0.462 e. The van der Waals surface area contributed by atoms with E-state index >= 15 is 0 Å². The Balaban J connectivity index is 1.66. The summed E-state index contributed by atoms with van der Waals surface area (Å²) in [6.07, 6.45) is 4.43. The number of carbonyl (C=O) groups is 2. The van der Waals surface area contributed by atoms with Gasteiger partial charge in [-0.2, -0.15) is 4.98 Å². The number of pyridine rings is 1. The Kier molecular flexibility index (Phi) is 6.71. The summed E-state index contributed by atoms with van der Waals surface area (Å²) >= 11 is 1.38. The SMILES string of the molecule is CCOC(=O)c1c(NC(=O)CCc2nc(-c3ccncc3)no2)sc(C)c1CC. The van der Waals surface area contributed by atoms with Gasteiger partial charge >= 0.3 is 5.97 Å². The predicted molar refractivity (Wildman–Crippen MR) is 109 cm³/mol. The van der Waals surface area contributed by atoms with Crippen molar-refractivity contribution in [1.29, 1.82) is 0 Å². The smallest absolute Gasteiger partial charge is 0.341 e. The zero-order chi connectivity index (χ0) is 20.8. The van der Waals surface area contributed by atoms with Crippen LogP contribution >= 0.6 is 11.3 Å². The molecule has 3 rings (SSSR count). The molecule has 0 atom stereocenters. The molecule has 0 aliphatic rings. The standard InChI is InChI=1S/C20H22N4O4S/c1-4-14-12(3)29-19(17(14)20(26)27-5-2)22-15(25)6-7-16-23-18(24-28-16)13-8-10-21-11-9-13/h8-11H,4-7H2,1-3H3,(H,22,25). The topological polar surface area (TPSA) is 107 Å². The molecule has 0 saturated heterocycles. The van der Waals surface area contributed by atoms with E-state index in [4.69, 9.17) is 9.26 Å². The predicted octanol–water partition coefficient (Wildman–Crippen LogP) is 3.81. The number of anilines is 1. The van der Waals surface area contributed by atoms with Crippen molar-refractivity contribution in [3.8, 4) is 11.4 Å². The number of nitrogens with one attached hydrogen (secondary N) is 1. The van der Waals surface area contributed by atoms with E-state index in [0.717, 1.165) is 16.0 Å². The zero-order valence-electron chi connectivity index (χ0n) is 16.5. The fourth-order valence-corrected chi connectivity index (χ4v) is 4.05. The molecule has 29 heavy (non-hydrogen) atoms. The Bertz CT molecular complexity index is 997. The second-order valence-electron chi connectivity index (χ2n) is 6.21. The molecule has 3 aromatic rings. The van der Waals surface area contributed by atoms with Gasteiger partial charge in [0.1, 0.15) is 5.00 Å². The maximum atomic E-state index is 12.4. The molecule has 9 heteroatoms. The van der Waals surface area contributed by atoms with Crippen LogP contribution in [0.1, 0.15) is 47.0 Å². The third-order valence-electron chi connectivity index (χ3n) is 4.27. The lowest BCUT2D eigenvalue weighted by Crippen LogP contribution is -2.15. The molecule has 0 aromatic carbocycles. The summed E-state index contributed by atoms with van der Waals surface area (Å²) in [6, 6.07) is 3.56. The van der Waals surface area contributed by atoms with Crippen molar-refractivity contribution < 1.29 is 18.8 Å². The van der Waals surface area contributed by atoms with Crippen LogP contribution < -0.4 is 5.32 Å². The van der Waals surface area contributed by atoms with Crippen molar-refractivity contribution in [3.05, 3.63) is 46.4 Å². The average molecular weight is 414 g/mol. The Morgan fingerprint density at radius 1 is 1.24 bits per heavy atom. The van der Waals surface area contributed by atoms with Crippen LogP contribution in [0.5, 0.6) is 0 Å². The normalized spacial score (nSPS) is 10.7. The second kappa shape index (κ2) is 9.42. The Labute approximate surface area is 172 Å². The van der Waals surface area contributed by atoms with Gasteiger partial charge in [-0.3, -0.25) is 9.78 Å². The molecule has 0 fully saturated rings. The van der Waals surface area contributed by atoms with Gasteiger partial charge in [0.15, 0.2) is 0 Å². The van der Waals surface area contributed by atoms with Crippen LogP contribution in [-0.4, -0.2) is 33.6 Å². The van der Waals surface area contributed by atoms with Crippen LogP contribution in [0.25, 0.3) is 11.4 Å². The summed E-state index contributed by atoms with van der Waals surface area (Å²) in [6.45, 7) is 5.94. The van der Waals surface area contributed by atoms with Crippen molar-refractivity contribution in [2.24, 2.45) is 0 Å². The van der Waals surface area contributed by atoms with Crippen molar-refractivity contribution in [1.82, 2.24) is 15.1 Å². The first kappa shape index (κ1) is 20.7. The van der Waals surface area contributed by atoms with Gasteiger partial charge in [-0.25, -0.2) is 4.79 Å². The van der Waals surface area contributed by atoms with Crippen molar-refractivity contribution in [2.75, 3.05) is 11.9 Å². The number of thiophene rings is 1. The highest BCUT2D eigenvalue weighted by Crippen LogP contribution is 2.34. The quantitative estimate of drug-likeness (QED) is 0.558. The molecule has 0 aliphatic heterocycles. The molecule has 3 aromatic heterocycles. The van der Waals surface area contributed by atoms with E-state index < -0.39 is 5.97 Å². The van der Waals surface area contributed by atoms with Gasteiger partial charge in [0.25, 0.3) is 0 Å². The first-order valence-electron chi connectivity index (χ1n) is 9.35. The maximum absolute atomic E-state index is 12.4. The number of carbonyl (C=O) groups excluding carboxylic acids is 2. The first-order valence-corrected chi connectivity index (χ1v) is 10.2. The molecule has 8 nitrogen and oxygen atoms in total. The van der Waals surface area contributed by atoms with E-state index in [1.807, 2.05) is 13.8 Å². The number of nitrogens with zero attached hydrogens (tertiary/aromatic N) is 3. The number of aromatic nitrogens is 3. The van der Waals surface area contributed by atoms with E-state index in [1.54, 1.807) is 31.5 Å². The number of ether oxygens (including phenoxy) is 1. The van der Waals surface area contributed by atoms with Gasteiger partial charge in [0, 0.05) is 35.7 Å². The van der Waals surface area contributed by atoms with Crippen LogP contribution in [0, 0.1) is 6.92 Å². The molecule has 0 spiro atoms. The summed E-state index contributed by atoms with van der Waals surface area (Å²) in [7, 11) is 0. The van der Waals surface area contributed by atoms with Crippen LogP contribution in [0.3, 0.4) is 0 Å². The van der Waals surface area contributed by atoms with E-state index in [0.29, 0.717) is 35.1 Å². The highest BCUT2D eigenvalue weighted by Gasteiger charge is 2.23.